The van der Waals surface area contributed by atoms with Gasteiger partial charge >= 0.3 is 0 Å². The fourth-order valence-electron chi connectivity index (χ4n) is 4.01. The van der Waals surface area contributed by atoms with Crippen LogP contribution in [-0.2, 0) is 0 Å². The zero-order chi connectivity index (χ0) is 15.7. The first kappa shape index (κ1) is 15.9. The maximum Gasteiger partial charge on any atom is 0.147 e. The summed E-state index contributed by atoms with van der Waals surface area (Å²) in [4.78, 5) is 9.90. The summed E-state index contributed by atoms with van der Waals surface area (Å²) in [6, 6.07) is 0.755. The Balaban J connectivity index is 1.57. The van der Waals surface area contributed by atoms with Gasteiger partial charge in [0, 0.05) is 37.1 Å². The molecule has 0 radical (unpaired) electrons. The van der Waals surface area contributed by atoms with E-state index in [9.17, 15) is 0 Å². The van der Waals surface area contributed by atoms with Gasteiger partial charge in [-0.15, -0.1) is 0 Å². The van der Waals surface area contributed by atoms with Crippen LogP contribution >= 0.6 is 0 Å². The molecule has 0 aliphatic carbocycles. The van der Waals surface area contributed by atoms with E-state index in [1.165, 1.54) is 45.3 Å². The molecule has 0 saturated carbocycles. The molecule has 0 aromatic carbocycles. The van der Waals surface area contributed by atoms with Crippen LogP contribution in [0, 0.1) is 6.92 Å². The Bertz CT molecular complexity index is 481. The van der Waals surface area contributed by atoms with Gasteiger partial charge in [-0.25, -0.2) is 4.98 Å². The van der Waals surface area contributed by atoms with E-state index in [4.69, 9.17) is 0 Å². The number of piperidine rings is 2. The summed E-state index contributed by atoms with van der Waals surface area (Å²) in [6.07, 6.45) is 5.13. The van der Waals surface area contributed by atoms with E-state index in [1.807, 2.05) is 6.92 Å². The van der Waals surface area contributed by atoms with E-state index in [2.05, 4.69) is 45.8 Å². The third kappa shape index (κ3) is 3.51. The lowest BCUT2D eigenvalue weighted by molar-refractivity contribution is 0.0446. The number of likely N-dealkylation sites (tertiary alicyclic amines) is 2. The molecule has 5 heteroatoms. The van der Waals surface area contributed by atoms with Crippen molar-refractivity contribution in [1.29, 1.82) is 0 Å². The highest BCUT2D eigenvalue weighted by Gasteiger charge is 2.32. The molecule has 3 rings (SSSR count). The second kappa shape index (κ2) is 6.28. The first-order chi connectivity index (χ1) is 10.4. The summed E-state index contributed by atoms with van der Waals surface area (Å²) in [7, 11) is 0. The quantitative estimate of drug-likeness (QED) is 0.912. The molecule has 5 nitrogen and oxygen atoms in total. The SMILES string of the molecule is Cc1n[nH]c(C2CCCN(C3CCN(C(C)(C)C)CC3)C2)n1. The van der Waals surface area contributed by atoms with Crippen molar-refractivity contribution >= 4 is 0 Å². The smallest absolute Gasteiger partial charge is 0.147 e. The van der Waals surface area contributed by atoms with Crippen molar-refractivity contribution in [2.45, 2.75) is 70.9 Å². The Hall–Kier alpha value is -0.940. The van der Waals surface area contributed by atoms with Crippen molar-refractivity contribution in [3.05, 3.63) is 11.6 Å². The average Bonchev–Trinajstić information content (AvgIpc) is 2.93. The summed E-state index contributed by atoms with van der Waals surface area (Å²) < 4.78 is 0. The van der Waals surface area contributed by atoms with E-state index in [0.29, 0.717) is 11.5 Å². The molecule has 0 amide bonds. The van der Waals surface area contributed by atoms with Gasteiger partial charge in [-0.2, -0.15) is 5.10 Å². The first-order valence-electron chi connectivity index (χ1n) is 8.81. The lowest BCUT2D eigenvalue weighted by atomic mass is 9.92. The molecule has 1 aromatic heterocycles. The molecule has 2 saturated heterocycles. The van der Waals surface area contributed by atoms with Crippen LogP contribution < -0.4 is 0 Å². The van der Waals surface area contributed by atoms with Crippen molar-refractivity contribution in [3.8, 4) is 0 Å². The maximum absolute atomic E-state index is 4.56. The van der Waals surface area contributed by atoms with Crippen molar-refractivity contribution in [1.82, 2.24) is 25.0 Å². The van der Waals surface area contributed by atoms with Crippen molar-refractivity contribution < 1.29 is 0 Å². The fraction of sp³-hybridized carbons (Fsp3) is 0.882. The lowest BCUT2D eigenvalue weighted by Gasteiger charge is -2.45. The van der Waals surface area contributed by atoms with Gasteiger partial charge in [-0.05, 0) is 59.9 Å². The molecular weight excluding hydrogens is 274 g/mol. The minimum atomic E-state index is 0.312. The van der Waals surface area contributed by atoms with E-state index in [0.717, 1.165) is 24.2 Å². The Kier molecular flexibility index (Phi) is 4.55. The van der Waals surface area contributed by atoms with Crippen LogP contribution in [-0.4, -0.2) is 62.7 Å². The van der Waals surface area contributed by atoms with Crippen LogP contribution in [0.25, 0.3) is 0 Å². The number of H-pyrrole nitrogens is 1. The third-order valence-electron chi connectivity index (χ3n) is 5.38. The highest BCUT2D eigenvalue weighted by atomic mass is 15.2. The van der Waals surface area contributed by atoms with Crippen molar-refractivity contribution in [2.24, 2.45) is 0 Å². The zero-order valence-corrected chi connectivity index (χ0v) is 14.6. The van der Waals surface area contributed by atoms with Gasteiger partial charge in [0.2, 0.25) is 0 Å². The van der Waals surface area contributed by atoms with Crippen LogP contribution in [0.2, 0.25) is 0 Å². The molecule has 1 atom stereocenters. The molecule has 1 N–H and O–H groups in total. The second-order valence-corrected chi connectivity index (χ2v) is 7.99. The molecular formula is C17H31N5. The van der Waals surface area contributed by atoms with Gasteiger partial charge in [-0.1, -0.05) is 0 Å². The van der Waals surface area contributed by atoms with Crippen molar-refractivity contribution in [2.75, 3.05) is 26.2 Å². The largest absolute Gasteiger partial charge is 0.300 e. The molecule has 1 aromatic rings. The molecule has 0 bridgehead atoms. The number of hydrogen-bond acceptors (Lipinski definition) is 4. The van der Waals surface area contributed by atoms with Crippen LogP contribution in [0.3, 0.4) is 0 Å². The summed E-state index contributed by atoms with van der Waals surface area (Å²) in [6.45, 7) is 13.8. The van der Waals surface area contributed by atoms with Crippen LogP contribution in [0.4, 0.5) is 0 Å². The number of nitrogens with one attached hydrogen (secondary N) is 1. The summed E-state index contributed by atoms with van der Waals surface area (Å²) in [5.41, 5.74) is 0.312. The molecule has 2 aliphatic heterocycles. The minimum Gasteiger partial charge on any atom is -0.300 e. The normalized spacial score (nSPS) is 26.5. The van der Waals surface area contributed by atoms with Crippen molar-refractivity contribution in [3.63, 3.8) is 0 Å². The van der Waals surface area contributed by atoms with E-state index in [-0.39, 0.29) is 0 Å². The zero-order valence-electron chi connectivity index (χ0n) is 14.6. The van der Waals surface area contributed by atoms with Crippen LogP contribution in [0.5, 0.6) is 0 Å². The maximum atomic E-state index is 4.56. The molecule has 1 unspecified atom stereocenters. The first-order valence-corrected chi connectivity index (χ1v) is 8.81. The predicted octanol–water partition coefficient (Wildman–Crippen LogP) is 2.56. The second-order valence-electron chi connectivity index (χ2n) is 7.99. The minimum absolute atomic E-state index is 0.312. The van der Waals surface area contributed by atoms with Crippen LogP contribution in [0.15, 0.2) is 0 Å². The summed E-state index contributed by atoms with van der Waals surface area (Å²) in [5, 5.41) is 7.33. The van der Waals surface area contributed by atoms with Crippen LogP contribution in [0.1, 0.15) is 64.0 Å². The molecule has 2 fully saturated rings. The van der Waals surface area contributed by atoms with E-state index < -0.39 is 0 Å². The average molecular weight is 305 g/mol. The number of aromatic amines is 1. The highest BCUT2D eigenvalue weighted by Crippen LogP contribution is 2.29. The molecule has 2 aliphatic rings. The monoisotopic (exact) mass is 305 g/mol. The van der Waals surface area contributed by atoms with Gasteiger partial charge < -0.3 is 0 Å². The standard InChI is InChI=1S/C17H31N5/c1-13-18-16(20-19-13)14-6-5-9-21(12-14)15-7-10-22(11-8-15)17(2,3)4/h14-15H,5-12H2,1-4H3,(H,18,19,20). The molecule has 0 spiro atoms. The van der Waals surface area contributed by atoms with Gasteiger partial charge in [-0.3, -0.25) is 14.9 Å². The third-order valence-corrected chi connectivity index (χ3v) is 5.38. The molecule has 22 heavy (non-hydrogen) atoms. The molecule has 124 valence electrons. The Morgan fingerprint density at radius 2 is 1.82 bits per heavy atom. The van der Waals surface area contributed by atoms with Gasteiger partial charge in [0.15, 0.2) is 0 Å². The summed E-state index contributed by atoms with van der Waals surface area (Å²) >= 11 is 0. The lowest BCUT2D eigenvalue weighted by Crippen LogP contribution is -2.52. The number of aryl methyl sites for hydroxylation is 1. The number of rotatable bonds is 2. The summed E-state index contributed by atoms with van der Waals surface area (Å²) in [5.74, 6) is 2.50. The number of hydrogen-bond donors (Lipinski definition) is 1. The van der Waals surface area contributed by atoms with Gasteiger partial charge in [0.25, 0.3) is 0 Å². The predicted molar refractivity (Wildman–Crippen MR) is 89.0 cm³/mol. The van der Waals surface area contributed by atoms with Gasteiger partial charge in [0.05, 0.1) is 0 Å². The van der Waals surface area contributed by atoms with E-state index >= 15 is 0 Å². The van der Waals surface area contributed by atoms with E-state index in [1.54, 1.807) is 0 Å². The Morgan fingerprint density at radius 1 is 1.09 bits per heavy atom. The van der Waals surface area contributed by atoms with Gasteiger partial charge in [0.1, 0.15) is 11.6 Å². The Morgan fingerprint density at radius 3 is 2.41 bits per heavy atom. The topological polar surface area (TPSA) is 48.1 Å². The Labute approximate surface area is 134 Å². The highest BCUT2D eigenvalue weighted by molar-refractivity contribution is 5.01. The number of nitrogens with zero attached hydrogens (tertiary/aromatic N) is 4. The number of aromatic nitrogens is 3. The molecule has 3 heterocycles. The fourth-order valence-corrected chi connectivity index (χ4v) is 4.01.